The van der Waals surface area contributed by atoms with Crippen molar-refractivity contribution in [2.75, 3.05) is 33.4 Å². The smallest absolute Gasteiger partial charge is 0.312 e. The van der Waals surface area contributed by atoms with E-state index in [1.54, 1.807) is 7.05 Å². The normalized spacial score (nSPS) is 36.3. The summed E-state index contributed by atoms with van der Waals surface area (Å²) in [5, 5.41) is 7.23. The van der Waals surface area contributed by atoms with Crippen LogP contribution < -0.4 is 5.32 Å². The van der Waals surface area contributed by atoms with Gasteiger partial charge in [0.25, 0.3) is 0 Å². The summed E-state index contributed by atoms with van der Waals surface area (Å²) in [6, 6.07) is 0. The summed E-state index contributed by atoms with van der Waals surface area (Å²) in [6.45, 7) is 7.71. The molecule has 8 heteroatoms. The van der Waals surface area contributed by atoms with Crippen molar-refractivity contribution in [3.8, 4) is 0 Å². The van der Waals surface area contributed by atoms with Crippen LogP contribution in [0.4, 0.5) is 9.18 Å². The van der Waals surface area contributed by atoms with E-state index in [1.165, 1.54) is 36.2 Å². The van der Waals surface area contributed by atoms with Crippen molar-refractivity contribution in [2.45, 2.75) is 72.1 Å². The van der Waals surface area contributed by atoms with Crippen LogP contribution in [0, 0.1) is 34.5 Å². The minimum absolute atomic E-state index is 0. The van der Waals surface area contributed by atoms with Crippen LogP contribution >= 0.6 is 12.4 Å². The lowest BCUT2D eigenvalue weighted by molar-refractivity contribution is -0.117. The molecule has 35 heavy (non-hydrogen) atoms. The fraction of sp³-hybridized carbons (Fsp3) is 0.815. The van der Waals surface area contributed by atoms with Gasteiger partial charge in [-0.2, -0.15) is 0 Å². The molecular weight excluding hydrogens is 469 g/mol. The van der Waals surface area contributed by atoms with Crippen molar-refractivity contribution in [2.24, 2.45) is 39.7 Å². The molecule has 1 amide bonds. The van der Waals surface area contributed by atoms with E-state index >= 15 is 0 Å². The lowest BCUT2D eigenvalue weighted by Crippen LogP contribution is -2.51. The van der Waals surface area contributed by atoms with Gasteiger partial charge in [-0.1, -0.05) is 24.6 Å². The fourth-order valence-electron chi connectivity index (χ4n) is 8.02. The average Bonchev–Trinajstić information content (AvgIpc) is 3.17. The molecule has 0 aromatic rings. The molecule has 4 aliphatic carbocycles. The summed E-state index contributed by atoms with van der Waals surface area (Å²) < 4.78 is 12.2. The molecule has 4 rings (SSSR count). The summed E-state index contributed by atoms with van der Waals surface area (Å²) in [7, 11) is 1.67. The number of hydrogen-bond donors (Lipinski definition) is 1. The van der Waals surface area contributed by atoms with Gasteiger partial charge in [0.2, 0.25) is 0 Å². The maximum absolute atomic E-state index is 12.3. The van der Waals surface area contributed by atoms with Gasteiger partial charge < -0.3 is 10.2 Å². The number of carbonyl (C=O) groups is 2. The number of alkyl halides is 1. The highest BCUT2D eigenvalue weighted by atomic mass is 35.5. The molecule has 0 aromatic heterocycles. The third-order valence-electron chi connectivity index (χ3n) is 9.94. The molecule has 3 saturated carbocycles. The van der Waals surface area contributed by atoms with Crippen molar-refractivity contribution < 1.29 is 18.8 Å². The average molecular weight is 512 g/mol. The molecular formula is C27H43ClFN3O3. The Morgan fingerprint density at radius 3 is 2.69 bits per heavy atom. The van der Waals surface area contributed by atoms with Gasteiger partial charge in [0.05, 0.1) is 5.71 Å². The van der Waals surface area contributed by atoms with E-state index in [4.69, 9.17) is 4.84 Å². The van der Waals surface area contributed by atoms with Crippen LogP contribution in [0.2, 0.25) is 0 Å². The van der Waals surface area contributed by atoms with Crippen LogP contribution in [0.3, 0.4) is 0 Å². The topological polar surface area (TPSA) is 71.0 Å². The van der Waals surface area contributed by atoms with Crippen LogP contribution in [0.25, 0.3) is 0 Å². The predicted octanol–water partition coefficient (Wildman–Crippen LogP) is 5.56. The lowest BCUT2D eigenvalue weighted by Gasteiger charge is -2.58. The SMILES string of the molecule is C/C(=N\OC(=O)N(C)CCNCCF)[C@H]1CC[C@H]2[C@@H]3CCC4=CC(=O)CC[C@]4(C)[C@H]3CC[C@]12C.Cl. The number of allylic oxidation sites excluding steroid dienone is 1. The summed E-state index contributed by atoms with van der Waals surface area (Å²) in [4.78, 5) is 31.2. The quantitative estimate of drug-likeness (QED) is 0.210. The van der Waals surface area contributed by atoms with Crippen LogP contribution in [-0.2, 0) is 9.63 Å². The number of carbonyl (C=O) groups excluding carboxylic acids is 2. The van der Waals surface area contributed by atoms with Gasteiger partial charge in [0, 0.05) is 39.0 Å². The van der Waals surface area contributed by atoms with E-state index in [9.17, 15) is 14.0 Å². The Morgan fingerprint density at radius 2 is 1.94 bits per heavy atom. The van der Waals surface area contributed by atoms with E-state index in [1.807, 2.05) is 13.0 Å². The monoisotopic (exact) mass is 511 g/mol. The second kappa shape index (κ2) is 11.3. The number of fused-ring (bicyclic) bond motifs is 5. The summed E-state index contributed by atoms with van der Waals surface area (Å²) in [6.07, 6.45) is 10.1. The van der Waals surface area contributed by atoms with Gasteiger partial charge in [0.15, 0.2) is 5.78 Å². The first-order valence-electron chi connectivity index (χ1n) is 13.2. The summed E-state index contributed by atoms with van der Waals surface area (Å²) >= 11 is 0. The molecule has 0 aliphatic heterocycles. The molecule has 0 aromatic carbocycles. The first-order valence-corrected chi connectivity index (χ1v) is 13.2. The summed E-state index contributed by atoms with van der Waals surface area (Å²) in [5.74, 6) is 2.69. The Balaban J connectivity index is 0.00000342. The first kappa shape index (κ1) is 28.1. The van der Waals surface area contributed by atoms with Gasteiger partial charge in [0.1, 0.15) is 6.67 Å². The molecule has 1 N–H and O–H groups in total. The van der Waals surface area contributed by atoms with E-state index in [2.05, 4.69) is 24.3 Å². The number of nitrogens with zero attached hydrogens (tertiary/aromatic N) is 2. The number of likely N-dealkylation sites (N-methyl/N-ethyl adjacent to an activating group) is 1. The number of halogens is 2. The van der Waals surface area contributed by atoms with Crippen LogP contribution in [0.1, 0.15) is 72.1 Å². The number of ketones is 1. The van der Waals surface area contributed by atoms with Crippen molar-refractivity contribution in [3.63, 3.8) is 0 Å². The van der Waals surface area contributed by atoms with Crippen LogP contribution in [0.5, 0.6) is 0 Å². The second-order valence-corrected chi connectivity index (χ2v) is 11.6. The predicted molar refractivity (Wildman–Crippen MR) is 139 cm³/mol. The van der Waals surface area contributed by atoms with Crippen LogP contribution in [-0.4, -0.2) is 55.8 Å². The van der Waals surface area contributed by atoms with Gasteiger partial charge >= 0.3 is 6.09 Å². The van der Waals surface area contributed by atoms with Gasteiger partial charge in [-0.25, -0.2) is 9.18 Å². The van der Waals surface area contributed by atoms with Gasteiger partial charge in [-0.05, 0) is 86.5 Å². The Hall–Kier alpha value is -1.47. The lowest BCUT2D eigenvalue weighted by atomic mass is 9.46. The Morgan fingerprint density at radius 1 is 1.17 bits per heavy atom. The molecule has 0 unspecified atom stereocenters. The number of amides is 1. The maximum atomic E-state index is 12.3. The largest absolute Gasteiger partial charge is 0.435 e. The zero-order valence-electron chi connectivity index (χ0n) is 21.8. The summed E-state index contributed by atoms with van der Waals surface area (Å²) in [5.41, 5.74) is 2.72. The molecule has 198 valence electrons. The molecule has 4 aliphatic rings. The zero-order valence-corrected chi connectivity index (χ0v) is 22.6. The van der Waals surface area contributed by atoms with E-state index in [0.29, 0.717) is 49.0 Å². The van der Waals surface area contributed by atoms with Gasteiger partial charge in [-0.3, -0.25) is 9.63 Å². The molecule has 0 heterocycles. The molecule has 0 spiro atoms. The molecule has 6 nitrogen and oxygen atoms in total. The first-order chi connectivity index (χ1) is 16.2. The number of hydrogen-bond acceptors (Lipinski definition) is 5. The Kier molecular flexibility index (Phi) is 9.06. The number of rotatable bonds is 7. The van der Waals surface area contributed by atoms with Crippen molar-refractivity contribution in [1.29, 1.82) is 0 Å². The molecule has 0 saturated heterocycles. The highest BCUT2D eigenvalue weighted by Gasteiger charge is 2.59. The Labute approximate surface area is 215 Å². The molecule has 0 bridgehead atoms. The minimum Gasteiger partial charge on any atom is -0.312 e. The van der Waals surface area contributed by atoms with Crippen molar-refractivity contribution in [3.05, 3.63) is 11.6 Å². The highest BCUT2D eigenvalue weighted by Crippen LogP contribution is 2.66. The highest BCUT2D eigenvalue weighted by molar-refractivity contribution is 5.91. The van der Waals surface area contributed by atoms with E-state index in [0.717, 1.165) is 25.0 Å². The standard InChI is InChI=1S/C27H42FN3O3.ClH/c1-18(30-34-25(33)31(4)16-15-29-14-13-28)22-7-8-23-21-6-5-19-17-20(32)9-11-26(19,2)24(21)10-12-27(22,23)3;/h17,21-24,29H,5-16H2,1-4H3;1H/b30-18+;/t21-,22+,23-,24-,26-,27+;/m0./s1. The third kappa shape index (κ3) is 5.31. The molecule has 0 radical (unpaired) electrons. The zero-order chi connectivity index (χ0) is 24.5. The molecule has 6 atom stereocenters. The maximum Gasteiger partial charge on any atom is 0.435 e. The van der Waals surface area contributed by atoms with Crippen molar-refractivity contribution in [1.82, 2.24) is 10.2 Å². The third-order valence-corrected chi connectivity index (χ3v) is 9.94. The second-order valence-electron chi connectivity index (χ2n) is 11.6. The Bertz CT molecular complexity index is 865. The fourth-order valence-corrected chi connectivity index (χ4v) is 8.02. The number of nitrogens with one attached hydrogen (secondary N) is 1. The minimum atomic E-state index is -0.476. The molecule has 3 fully saturated rings. The van der Waals surface area contributed by atoms with Crippen LogP contribution in [0.15, 0.2) is 16.8 Å². The van der Waals surface area contributed by atoms with E-state index < -0.39 is 12.8 Å². The van der Waals surface area contributed by atoms with Gasteiger partial charge in [-0.15, -0.1) is 12.4 Å². The van der Waals surface area contributed by atoms with E-state index in [-0.39, 0.29) is 29.8 Å². The van der Waals surface area contributed by atoms with Crippen molar-refractivity contribution >= 4 is 30.0 Å². The number of oxime groups is 1.